The summed E-state index contributed by atoms with van der Waals surface area (Å²) >= 11 is 0. The lowest BCUT2D eigenvalue weighted by Gasteiger charge is -2.33. The van der Waals surface area contributed by atoms with Crippen LogP contribution in [0.1, 0.15) is 34.6 Å². The first kappa shape index (κ1) is 12.4. The molecule has 1 saturated heterocycles. The molecule has 0 aromatic carbocycles. The van der Waals surface area contributed by atoms with Gasteiger partial charge in [-0.2, -0.15) is 0 Å². The van der Waals surface area contributed by atoms with Crippen molar-refractivity contribution in [3.05, 3.63) is 0 Å². The molecule has 1 fully saturated rings. The summed E-state index contributed by atoms with van der Waals surface area (Å²) in [5.41, 5.74) is 0.298. The highest BCUT2D eigenvalue weighted by molar-refractivity contribution is 7.41. The number of hydrogen-bond donors (Lipinski definition) is 0. The summed E-state index contributed by atoms with van der Waals surface area (Å²) in [5.74, 6) is 0. The molecule has 0 aromatic rings. The highest BCUT2D eigenvalue weighted by Crippen LogP contribution is 2.47. The van der Waals surface area contributed by atoms with Crippen LogP contribution in [0.4, 0.5) is 0 Å². The fraction of sp³-hybridized carbons (Fsp3) is 1.00. The second-order valence-corrected chi connectivity index (χ2v) is 6.99. The van der Waals surface area contributed by atoms with Crippen LogP contribution >= 0.6 is 8.60 Å². The minimum Gasteiger partial charge on any atom is -0.312 e. The Labute approximate surface area is 88.1 Å². The standard InChI is InChI=1S/C10H21O3P/c1-9(2,3)6-11-14-12-7-10(4,5)8-13-14/h6-8H2,1-5H3. The molecule has 0 aliphatic carbocycles. The summed E-state index contributed by atoms with van der Waals surface area (Å²) in [6, 6.07) is 0. The summed E-state index contributed by atoms with van der Waals surface area (Å²) in [7, 11) is -1.09. The van der Waals surface area contributed by atoms with E-state index in [9.17, 15) is 0 Å². The van der Waals surface area contributed by atoms with Gasteiger partial charge in [0.2, 0.25) is 0 Å². The summed E-state index contributed by atoms with van der Waals surface area (Å²) < 4.78 is 16.6. The van der Waals surface area contributed by atoms with E-state index in [-0.39, 0.29) is 10.8 Å². The van der Waals surface area contributed by atoms with E-state index in [2.05, 4.69) is 34.6 Å². The molecule has 1 heterocycles. The van der Waals surface area contributed by atoms with E-state index in [0.29, 0.717) is 6.61 Å². The zero-order valence-electron chi connectivity index (χ0n) is 9.79. The van der Waals surface area contributed by atoms with Gasteiger partial charge in [-0.3, -0.25) is 0 Å². The third kappa shape index (κ3) is 4.70. The molecule has 3 nitrogen and oxygen atoms in total. The van der Waals surface area contributed by atoms with Gasteiger partial charge in [0.25, 0.3) is 0 Å². The minimum absolute atomic E-state index is 0.129. The van der Waals surface area contributed by atoms with Crippen LogP contribution in [0.2, 0.25) is 0 Å². The number of hydrogen-bond acceptors (Lipinski definition) is 3. The Balaban J connectivity index is 2.23. The average Bonchev–Trinajstić information content (AvgIpc) is 2.01. The van der Waals surface area contributed by atoms with E-state index in [4.69, 9.17) is 13.6 Å². The molecule has 0 spiro atoms. The Morgan fingerprint density at radius 1 is 1.21 bits per heavy atom. The van der Waals surface area contributed by atoms with Crippen molar-refractivity contribution in [2.45, 2.75) is 34.6 Å². The molecule has 14 heavy (non-hydrogen) atoms. The van der Waals surface area contributed by atoms with Crippen LogP contribution in [0, 0.1) is 10.8 Å². The van der Waals surface area contributed by atoms with Gasteiger partial charge < -0.3 is 13.6 Å². The lowest BCUT2D eigenvalue weighted by atomic mass is 9.97. The van der Waals surface area contributed by atoms with Crippen LogP contribution in [-0.4, -0.2) is 19.8 Å². The predicted molar refractivity (Wildman–Crippen MR) is 58.0 cm³/mol. The zero-order chi connectivity index (χ0) is 10.8. The second kappa shape index (κ2) is 4.44. The van der Waals surface area contributed by atoms with Crippen LogP contribution in [0.25, 0.3) is 0 Å². The molecule has 0 N–H and O–H groups in total. The molecule has 0 amide bonds. The van der Waals surface area contributed by atoms with Crippen molar-refractivity contribution in [2.75, 3.05) is 19.8 Å². The highest BCUT2D eigenvalue weighted by Gasteiger charge is 2.30. The molecule has 0 aromatic heterocycles. The maximum Gasteiger partial charge on any atom is 0.332 e. The second-order valence-electron chi connectivity index (χ2n) is 5.77. The van der Waals surface area contributed by atoms with Crippen molar-refractivity contribution in [3.63, 3.8) is 0 Å². The third-order valence-electron chi connectivity index (χ3n) is 1.72. The number of rotatable bonds is 2. The van der Waals surface area contributed by atoms with Crippen molar-refractivity contribution in [1.29, 1.82) is 0 Å². The molecule has 1 aliphatic rings. The van der Waals surface area contributed by atoms with Crippen LogP contribution in [0.3, 0.4) is 0 Å². The molecule has 0 bridgehead atoms. The van der Waals surface area contributed by atoms with E-state index >= 15 is 0 Å². The summed E-state index contributed by atoms with van der Waals surface area (Å²) in [4.78, 5) is 0. The van der Waals surface area contributed by atoms with Gasteiger partial charge in [0.15, 0.2) is 0 Å². The van der Waals surface area contributed by atoms with Crippen LogP contribution in [-0.2, 0) is 13.6 Å². The van der Waals surface area contributed by atoms with Crippen molar-refractivity contribution in [1.82, 2.24) is 0 Å². The van der Waals surface area contributed by atoms with Crippen molar-refractivity contribution in [3.8, 4) is 0 Å². The van der Waals surface area contributed by atoms with Gasteiger partial charge in [0.05, 0.1) is 19.8 Å². The average molecular weight is 220 g/mol. The van der Waals surface area contributed by atoms with Crippen molar-refractivity contribution in [2.24, 2.45) is 10.8 Å². The Kier molecular flexibility index (Phi) is 3.93. The van der Waals surface area contributed by atoms with Gasteiger partial charge in [-0.05, 0) is 5.41 Å². The summed E-state index contributed by atoms with van der Waals surface area (Å²) in [6.45, 7) is 12.8. The predicted octanol–water partition coefficient (Wildman–Crippen LogP) is 3.35. The Bertz CT molecular complexity index is 176. The molecule has 0 unspecified atom stereocenters. The third-order valence-corrected chi connectivity index (χ3v) is 2.74. The minimum atomic E-state index is -1.09. The van der Waals surface area contributed by atoms with E-state index in [1.54, 1.807) is 0 Å². The highest BCUT2D eigenvalue weighted by atomic mass is 31.2. The first-order chi connectivity index (χ1) is 6.29. The molecule has 0 saturated carbocycles. The van der Waals surface area contributed by atoms with Crippen molar-refractivity contribution >= 4 is 8.60 Å². The maximum atomic E-state index is 5.56. The smallest absolute Gasteiger partial charge is 0.312 e. The Morgan fingerprint density at radius 2 is 1.71 bits per heavy atom. The zero-order valence-corrected chi connectivity index (χ0v) is 10.7. The Hall–Kier alpha value is 0.310. The normalized spacial score (nSPS) is 23.8. The van der Waals surface area contributed by atoms with Gasteiger partial charge in [-0.1, -0.05) is 34.6 Å². The van der Waals surface area contributed by atoms with Gasteiger partial charge in [0.1, 0.15) is 0 Å². The topological polar surface area (TPSA) is 27.7 Å². The molecular formula is C10H21O3P. The quantitative estimate of drug-likeness (QED) is 0.668. The van der Waals surface area contributed by atoms with Crippen molar-refractivity contribution < 1.29 is 13.6 Å². The SMILES string of the molecule is CC(C)(C)COP1OCC(C)(C)CO1. The maximum absolute atomic E-state index is 5.56. The van der Waals surface area contributed by atoms with Gasteiger partial charge in [-0.25, -0.2) is 0 Å². The molecule has 0 radical (unpaired) electrons. The summed E-state index contributed by atoms with van der Waals surface area (Å²) in [5, 5.41) is 0. The fourth-order valence-corrected chi connectivity index (χ4v) is 2.48. The monoisotopic (exact) mass is 220 g/mol. The molecule has 0 atom stereocenters. The molecule has 4 heteroatoms. The molecule has 1 rings (SSSR count). The van der Waals surface area contributed by atoms with E-state index in [1.165, 1.54) is 0 Å². The lowest BCUT2D eigenvalue weighted by molar-refractivity contribution is 0.0198. The van der Waals surface area contributed by atoms with Gasteiger partial charge >= 0.3 is 8.60 Å². The molecule has 1 aliphatic heterocycles. The van der Waals surface area contributed by atoms with Crippen LogP contribution in [0.15, 0.2) is 0 Å². The molecule has 84 valence electrons. The fourth-order valence-electron chi connectivity index (χ4n) is 0.855. The van der Waals surface area contributed by atoms with Crippen LogP contribution in [0.5, 0.6) is 0 Å². The van der Waals surface area contributed by atoms with E-state index in [1.807, 2.05) is 0 Å². The molecular weight excluding hydrogens is 199 g/mol. The van der Waals surface area contributed by atoms with Gasteiger partial charge in [0, 0.05) is 5.41 Å². The van der Waals surface area contributed by atoms with E-state index < -0.39 is 8.60 Å². The largest absolute Gasteiger partial charge is 0.332 e. The Morgan fingerprint density at radius 3 is 2.14 bits per heavy atom. The lowest BCUT2D eigenvalue weighted by Crippen LogP contribution is -2.29. The first-order valence-electron chi connectivity index (χ1n) is 4.97. The first-order valence-corrected chi connectivity index (χ1v) is 6.07. The van der Waals surface area contributed by atoms with Crippen LogP contribution < -0.4 is 0 Å². The summed E-state index contributed by atoms with van der Waals surface area (Å²) in [6.07, 6.45) is 0. The van der Waals surface area contributed by atoms with E-state index in [0.717, 1.165) is 13.2 Å². The van der Waals surface area contributed by atoms with Gasteiger partial charge in [-0.15, -0.1) is 0 Å².